The molecule has 110 valence electrons. The number of carbonyl (C=O) groups is 1. The van der Waals surface area contributed by atoms with Crippen molar-refractivity contribution in [3.05, 3.63) is 27.3 Å². The van der Waals surface area contributed by atoms with E-state index in [0.717, 1.165) is 22.3 Å². The van der Waals surface area contributed by atoms with Crippen LogP contribution in [0.2, 0.25) is 0 Å². The van der Waals surface area contributed by atoms with Crippen molar-refractivity contribution in [2.24, 2.45) is 5.41 Å². The van der Waals surface area contributed by atoms with Gasteiger partial charge in [0.05, 0.1) is 11.3 Å². The van der Waals surface area contributed by atoms with E-state index in [2.05, 4.69) is 41.3 Å². The summed E-state index contributed by atoms with van der Waals surface area (Å²) in [6, 6.07) is 5.70. The Kier molecular flexibility index (Phi) is 4.94. The third-order valence-corrected chi connectivity index (χ3v) is 4.81. The average Bonchev–Trinajstić information content (AvgIpc) is 2.35. The number of hydrogen-bond donors (Lipinski definition) is 1. The second-order valence-electron chi connectivity index (χ2n) is 5.82. The van der Waals surface area contributed by atoms with E-state index in [1.165, 1.54) is 25.7 Å². The molecule has 4 heteroatoms. The van der Waals surface area contributed by atoms with E-state index in [1.807, 2.05) is 12.1 Å². The lowest BCUT2D eigenvalue weighted by Crippen LogP contribution is -2.56. The highest BCUT2D eigenvalue weighted by Crippen LogP contribution is 2.43. The highest BCUT2D eigenvalue weighted by molar-refractivity contribution is 14.1. The van der Waals surface area contributed by atoms with Crippen molar-refractivity contribution >= 4 is 34.2 Å². The number of hydrogen-bond acceptors (Lipinski definition) is 2. The first-order valence-electron chi connectivity index (χ1n) is 7.29. The van der Waals surface area contributed by atoms with Crippen LogP contribution < -0.4 is 4.90 Å². The van der Waals surface area contributed by atoms with Crippen LogP contribution in [-0.4, -0.2) is 24.2 Å². The molecular formula is C16H22INO2. The van der Waals surface area contributed by atoms with Gasteiger partial charge in [-0.15, -0.1) is 0 Å². The molecule has 2 rings (SSSR count). The van der Waals surface area contributed by atoms with Gasteiger partial charge in [0.25, 0.3) is 0 Å². The van der Waals surface area contributed by atoms with Crippen LogP contribution in [0.1, 0.15) is 49.9 Å². The van der Waals surface area contributed by atoms with Gasteiger partial charge < -0.3 is 10.0 Å². The van der Waals surface area contributed by atoms with Crippen LogP contribution in [0, 0.1) is 8.99 Å². The Hall–Kier alpha value is -0.780. The maximum atomic E-state index is 11.4. The summed E-state index contributed by atoms with van der Waals surface area (Å²) >= 11 is 2.16. The van der Waals surface area contributed by atoms with Crippen molar-refractivity contribution in [1.82, 2.24) is 0 Å². The lowest BCUT2D eigenvalue weighted by molar-refractivity contribution is 0.0696. The lowest BCUT2D eigenvalue weighted by Gasteiger charge is -2.52. The van der Waals surface area contributed by atoms with E-state index in [4.69, 9.17) is 0 Å². The zero-order valence-corrected chi connectivity index (χ0v) is 14.3. The number of benzene rings is 1. The molecule has 1 saturated heterocycles. The molecule has 0 saturated carbocycles. The smallest absolute Gasteiger partial charge is 0.337 e. The van der Waals surface area contributed by atoms with Gasteiger partial charge in [0, 0.05) is 22.1 Å². The molecule has 0 radical (unpaired) electrons. The lowest BCUT2D eigenvalue weighted by atomic mass is 9.72. The van der Waals surface area contributed by atoms with Gasteiger partial charge >= 0.3 is 5.97 Å². The highest BCUT2D eigenvalue weighted by Gasteiger charge is 2.42. The van der Waals surface area contributed by atoms with Crippen molar-refractivity contribution in [2.75, 3.05) is 18.0 Å². The monoisotopic (exact) mass is 387 g/mol. The van der Waals surface area contributed by atoms with Crippen molar-refractivity contribution in [3.8, 4) is 0 Å². The molecule has 20 heavy (non-hydrogen) atoms. The molecular weight excluding hydrogens is 365 g/mol. The summed E-state index contributed by atoms with van der Waals surface area (Å²) in [5.41, 5.74) is 1.71. The molecule has 1 N–H and O–H groups in total. The van der Waals surface area contributed by atoms with Gasteiger partial charge in [-0.3, -0.25) is 0 Å². The van der Waals surface area contributed by atoms with Gasteiger partial charge in [-0.1, -0.05) is 26.7 Å². The number of rotatable bonds is 6. The molecule has 0 amide bonds. The molecule has 1 aromatic carbocycles. The first-order chi connectivity index (χ1) is 9.51. The van der Waals surface area contributed by atoms with Crippen LogP contribution in [0.5, 0.6) is 0 Å². The van der Waals surface area contributed by atoms with Crippen LogP contribution in [0.15, 0.2) is 18.2 Å². The van der Waals surface area contributed by atoms with E-state index in [-0.39, 0.29) is 0 Å². The second-order valence-corrected chi connectivity index (χ2v) is 7.07. The summed E-state index contributed by atoms with van der Waals surface area (Å²) in [5, 5.41) is 9.37. The van der Waals surface area contributed by atoms with Crippen LogP contribution >= 0.6 is 22.6 Å². The fraction of sp³-hybridized carbons (Fsp3) is 0.562. The molecule has 1 heterocycles. The summed E-state index contributed by atoms with van der Waals surface area (Å²) in [7, 11) is 0. The summed E-state index contributed by atoms with van der Waals surface area (Å²) in [6.07, 6.45) is 4.88. The van der Waals surface area contributed by atoms with Crippen molar-refractivity contribution in [1.29, 1.82) is 0 Å². The van der Waals surface area contributed by atoms with Crippen molar-refractivity contribution in [3.63, 3.8) is 0 Å². The molecule has 3 nitrogen and oxygen atoms in total. The van der Waals surface area contributed by atoms with E-state index in [1.54, 1.807) is 6.07 Å². The van der Waals surface area contributed by atoms with Gasteiger partial charge in [-0.2, -0.15) is 0 Å². The van der Waals surface area contributed by atoms with Gasteiger partial charge in [-0.05, 0) is 53.6 Å². The molecule has 0 bridgehead atoms. The number of carboxylic acids is 1. The third-order valence-electron chi connectivity index (χ3n) is 4.14. The minimum Gasteiger partial charge on any atom is -0.478 e. The van der Waals surface area contributed by atoms with Gasteiger partial charge in [0.15, 0.2) is 0 Å². The van der Waals surface area contributed by atoms with Gasteiger partial charge in [-0.25, -0.2) is 4.79 Å². The number of anilines is 1. The molecule has 1 aliphatic rings. The first kappa shape index (κ1) is 15.6. The second kappa shape index (κ2) is 6.33. The molecule has 0 atom stereocenters. The number of carboxylic acid groups (broad SMARTS) is 1. The summed E-state index contributed by atoms with van der Waals surface area (Å²) in [4.78, 5) is 13.6. The molecule has 1 fully saturated rings. The van der Waals surface area contributed by atoms with E-state index < -0.39 is 5.97 Å². The van der Waals surface area contributed by atoms with Crippen LogP contribution in [0.25, 0.3) is 0 Å². The number of nitrogens with zero attached hydrogens (tertiary/aromatic N) is 1. The molecule has 0 spiro atoms. The zero-order valence-electron chi connectivity index (χ0n) is 12.2. The highest BCUT2D eigenvalue weighted by atomic mass is 127. The Labute approximate surface area is 134 Å². The minimum atomic E-state index is -0.831. The molecule has 0 aromatic heterocycles. The van der Waals surface area contributed by atoms with Crippen LogP contribution in [0.3, 0.4) is 0 Å². The van der Waals surface area contributed by atoms with Crippen LogP contribution in [-0.2, 0) is 0 Å². The summed E-state index contributed by atoms with van der Waals surface area (Å²) < 4.78 is 0.970. The predicted octanol–water partition coefficient (Wildman–Crippen LogP) is 4.40. The zero-order chi connectivity index (χ0) is 14.8. The molecule has 1 aromatic rings. The fourth-order valence-electron chi connectivity index (χ4n) is 3.39. The van der Waals surface area contributed by atoms with Crippen molar-refractivity contribution in [2.45, 2.75) is 39.5 Å². The SMILES string of the molecule is CCCC1(CCC)CN(c2ccc(I)cc2C(=O)O)C1. The summed E-state index contributed by atoms with van der Waals surface area (Å²) in [5.74, 6) is -0.831. The molecule has 0 unspecified atom stereocenters. The van der Waals surface area contributed by atoms with E-state index in [0.29, 0.717) is 11.0 Å². The van der Waals surface area contributed by atoms with E-state index >= 15 is 0 Å². The quantitative estimate of drug-likeness (QED) is 0.736. The number of halogens is 1. The van der Waals surface area contributed by atoms with Crippen molar-refractivity contribution < 1.29 is 9.90 Å². The normalized spacial score (nSPS) is 16.9. The van der Waals surface area contributed by atoms with Gasteiger partial charge in [0.2, 0.25) is 0 Å². The Bertz CT molecular complexity index is 487. The van der Waals surface area contributed by atoms with Crippen LogP contribution in [0.4, 0.5) is 5.69 Å². The maximum Gasteiger partial charge on any atom is 0.337 e. The third kappa shape index (κ3) is 3.10. The Morgan fingerprint density at radius 3 is 2.40 bits per heavy atom. The largest absolute Gasteiger partial charge is 0.478 e. The molecule has 1 aliphatic heterocycles. The Morgan fingerprint density at radius 2 is 1.90 bits per heavy atom. The van der Waals surface area contributed by atoms with Gasteiger partial charge in [0.1, 0.15) is 0 Å². The Morgan fingerprint density at radius 1 is 1.30 bits per heavy atom. The maximum absolute atomic E-state index is 11.4. The number of aromatic carboxylic acids is 1. The Balaban J connectivity index is 2.17. The predicted molar refractivity (Wildman–Crippen MR) is 90.6 cm³/mol. The minimum absolute atomic E-state index is 0.405. The first-order valence-corrected chi connectivity index (χ1v) is 8.37. The topological polar surface area (TPSA) is 40.5 Å². The van der Waals surface area contributed by atoms with E-state index in [9.17, 15) is 9.90 Å². The average molecular weight is 387 g/mol. The summed E-state index contributed by atoms with van der Waals surface area (Å²) in [6.45, 7) is 6.45. The molecule has 0 aliphatic carbocycles. The standard InChI is InChI=1S/C16H22INO2/c1-3-7-16(8-4-2)10-18(11-16)14-6-5-12(17)9-13(14)15(19)20/h5-6,9H,3-4,7-8,10-11H2,1-2H3,(H,19,20). The fourth-order valence-corrected chi connectivity index (χ4v) is 3.88.